The molecule has 6 heteroatoms. The standard InChI is InChI=1S/C22H22FN3O2/c1-13-4-3-5-14(2)26(13)21-20(15-6-9-17(23)10-7-15)24-18-11-8-16(22(27)28)12-19(18)25-21/h6-14H,3-5H2,1-2H3,(H,27,28). The van der Waals surface area contributed by atoms with E-state index in [0.29, 0.717) is 16.7 Å². The minimum atomic E-state index is -0.993. The Labute approximate surface area is 162 Å². The van der Waals surface area contributed by atoms with Gasteiger partial charge in [0, 0.05) is 17.6 Å². The van der Waals surface area contributed by atoms with Crippen molar-refractivity contribution in [3.8, 4) is 11.3 Å². The van der Waals surface area contributed by atoms with Crippen LogP contribution in [0.4, 0.5) is 10.2 Å². The van der Waals surface area contributed by atoms with Gasteiger partial charge in [0.1, 0.15) is 11.5 Å². The van der Waals surface area contributed by atoms with E-state index in [1.54, 1.807) is 24.3 Å². The Morgan fingerprint density at radius 1 is 1.04 bits per heavy atom. The Morgan fingerprint density at radius 3 is 2.36 bits per heavy atom. The van der Waals surface area contributed by atoms with Crippen molar-refractivity contribution < 1.29 is 14.3 Å². The predicted octanol–water partition coefficient (Wildman–Crippen LogP) is 4.90. The van der Waals surface area contributed by atoms with E-state index in [-0.39, 0.29) is 23.5 Å². The molecule has 1 aliphatic heterocycles. The number of anilines is 1. The third-order valence-electron chi connectivity index (χ3n) is 5.45. The van der Waals surface area contributed by atoms with E-state index in [9.17, 15) is 14.3 Å². The van der Waals surface area contributed by atoms with Crippen LogP contribution in [0.5, 0.6) is 0 Å². The molecule has 0 spiro atoms. The van der Waals surface area contributed by atoms with E-state index in [0.717, 1.165) is 30.6 Å². The zero-order valence-electron chi connectivity index (χ0n) is 15.9. The fourth-order valence-electron chi connectivity index (χ4n) is 4.00. The number of aromatic nitrogens is 2. The quantitative estimate of drug-likeness (QED) is 0.701. The zero-order valence-corrected chi connectivity index (χ0v) is 15.9. The summed E-state index contributed by atoms with van der Waals surface area (Å²) < 4.78 is 13.5. The van der Waals surface area contributed by atoms with Crippen molar-refractivity contribution in [2.75, 3.05) is 4.90 Å². The number of benzene rings is 2. The van der Waals surface area contributed by atoms with Gasteiger partial charge < -0.3 is 10.0 Å². The molecule has 144 valence electrons. The lowest BCUT2D eigenvalue weighted by Crippen LogP contribution is -2.44. The molecule has 0 amide bonds. The Bertz CT molecular complexity index is 1030. The van der Waals surface area contributed by atoms with Crippen LogP contribution in [-0.2, 0) is 0 Å². The number of hydrogen-bond donors (Lipinski definition) is 1. The highest BCUT2D eigenvalue weighted by molar-refractivity contribution is 5.93. The van der Waals surface area contributed by atoms with Crippen LogP contribution in [-0.4, -0.2) is 33.1 Å². The van der Waals surface area contributed by atoms with Crippen molar-refractivity contribution in [2.45, 2.75) is 45.2 Å². The molecule has 0 aliphatic carbocycles. The van der Waals surface area contributed by atoms with E-state index in [4.69, 9.17) is 9.97 Å². The number of nitrogens with zero attached hydrogens (tertiary/aromatic N) is 3. The van der Waals surface area contributed by atoms with E-state index >= 15 is 0 Å². The van der Waals surface area contributed by atoms with Crippen LogP contribution in [0.25, 0.3) is 22.3 Å². The molecule has 2 aromatic carbocycles. The molecule has 0 radical (unpaired) electrons. The number of hydrogen-bond acceptors (Lipinski definition) is 4. The van der Waals surface area contributed by atoms with Crippen LogP contribution in [0.2, 0.25) is 0 Å². The molecule has 1 aromatic heterocycles. The third-order valence-corrected chi connectivity index (χ3v) is 5.45. The zero-order chi connectivity index (χ0) is 19.8. The number of carbonyl (C=O) groups is 1. The average Bonchev–Trinajstić information content (AvgIpc) is 2.67. The van der Waals surface area contributed by atoms with Crippen molar-refractivity contribution in [1.82, 2.24) is 9.97 Å². The van der Waals surface area contributed by atoms with Crippen molar-refractivity contribution in [3.05, 3.63) is 53.8 Å². The van der Waals surface area contributed by atoms with Gasteiger partial charge in [0.05, 0.1) is 16.6 Å². The Morgan fingerprint density at radius 2 is 1.71 bits per heavy atom. The van der Waals surface area contributed by atoms with Gasteiger partial charge in [-0.3, -0.25) is 0 Å². The summed E-state index contributed by atoms with van der Waals surface area (Å²) in [6, 6.07) is 11.6. The van der Waals surface area contributed by atoms with Crippen molar-refractivity contribution in [2.24, 2.45) is 0 Å². The van der Waals surface area contributed by atoms with Gasteiger partial charge in [-0.1, -0.05) is 0 Å². The van der Waals surface area contributed by atoms with Gasteiger partial charge in [-0.15, -0.1) is 0 Å². The van der Waals surface area contributed by atoms with Crippen LogP contribution in [0.15, 0.2) is 42.5 Å². The first kappa shape index (κ1) is 18.3. The Hall–Kier alpha value is -3.02. The first-order valence-electron chi connectivity index (χ1n) is 9.53. The maximum absolute atomic E-state index is 13.5. The van der Waals surface area contributed by atoms with Gasteiger partial charge in [-0.2, -0.15) is 0 Å². The number of piperidine rings is 1. The summed E-state index contributed by atoms with van der Waals surface area (Å²) in [6.07, 6.45) is 3.28. The Balaban J connectivity index is 1.95. The summed E-state index contributed by atoms with van der Waals surface area (Å²) in [7, 11) is 0. The fourth-order valence-corrected chi connectivity index (χ4v) is 4.00. The Kier molecular flexibility index (Phi) is 4.71. The van der Waals surface area contributed by atoms with Gasteiger partial charge >= 0.3 is 5.97 Å². The van der Waals surface area contributed by atoms with Gasteiger partial charge in [0.25, 0.3) is 0 Å². The molecule has 2 unspecified atom stereocenters. The highest BCUT2D eigenvalue weighted by Crippen LogP contribution is 2.35. The SMILES string of the molecule is CC1CCCC(C)N1c1nc2cc(C(=O)O)ccc2nc1-c1ccc(F)cc1. The summed E-state index contributed by atoms with van der Waals surface area (Å²) >= 11 is 0. The molecule has 2 heterocycles. The van der Waals surface area contributed by atoms with Crippen LogP contribution in [0, 0.1) is 5.82 Å². The van der Waals surface area contributed by atoms with Crippen molar-refractivity contribution >= 4 is 22.8 Å². The molecule has 5 nitrogen and oxygen atoms in total. The second-order valence-electron chi connectivity index (χ2n) is 7.45. The van der Waals surface area contributed by atoms with E-state index < -0.39 is 5.97 Å². The second-order valence-corrected chi connectivity index (χ2v) is 7.45. The molecule has 1 N–H and O–H groups in total. The molecular weight excluding hydrogens is 357 g/mol. The largest absolute Gasteiger partial charge is 0.478 e. The summed E-state index contributed by atoms with van der Waals surface area (Å²) in [5, 5.41) is 9.31. The van der Waals surface area contributed by atoms with Gasteiger partial charge in [-0.05, 0) is 75.6 Å². The maximum atomic E-state index is 13.5. The fraction of sp³-hybridized carbons (Fsp3) is 0.318. The molecule has 1 saturated heterocycles. The molecular formula is C22H22FN3O2. The number of halogens is 1. The van der Waals surface area contributed by atoms with Crippen LogP contribution in [0.3, 0.4) is 0 Å². The summed E-state index contributed by atoms with van der Waals surface area (Å²) in [4.78, 5) is 23.3. The minimum absolute atomic E-state index is 0.182. The number of aromatic carboxylic acids is 1. The summed E-state index contributed by atoms with van der Waals surface area (Å²) in [5.41, 5.74) is 2.83. The summed E-state index contributed by atoms with van der Waals surface area (Å²) in [6.45, 7) is 4.34. The number of rotatable bonds is 3. The first-order chi connectivity index (χ1) is 13.4. The van der Waals surface area contributed by atoms with Crippen LogP contribution in [0.1, 0.15) is 43.5 Å². The molecule has 1 aliphatic rings. The normalized spacial score (nSPS) is 19.8. The molecule has 28 heavy (non-hydrogen) atoms. The number of carboxylic acid groups (broad SMARTS) is 1. The lowest BCUT2D eigenvalue weighted by Gasteiger charge is -2.40. The third kappa shape index (κ3) is 3.30. The predicted molar refractivity (Wildman–Crippen MR) is 107 cm³/mol. The lowest BCUT2D eigenvalue weighted by atomic mass is 9.96. The first-order valence-corrected chi connectivity index (χ1v) is 9.53. The second kappa shape index (κ2) is 7.19. The average molecular weight is 379 g/mol. The smallest absolute Gasteiger partial charge is 0.335 e. The summed E-state index contributed by atoms with van der Waals surface area (Å²) in [5.74, 6) is -0.571. The minimum Gasteiger partial charge on any atom is -0.478 e. The number of fused-ring (bicyclic) bond motifs is 1. The van der Waals surface area contributed by atoms with E-state index in [2.05, 4.69) is 18.7 Å². The highest BCUT2D eigenvalue weighted by Gasteiger charge is 2.29. The lowest BCUT2D eigenvalue weighted by molar-refractivity contribution is 0.0697. The molecule has 2 atom stereocenters. The van der Waals surface area contributed by atoms with Crippen molar-refractivity contribution in [1.29, 1.82) is 0 Å². The monoisotopic (exact) mass is 379 g/mol. The highest BCUT2D eigenvalue weighted by atomic mass is 19.1. The topological polar surface area (TPSA) is 66.3 Å². The van der Waals surface area contributed by atoms with E-state index in [1.807, 2.05) is 0 Å². The molecule has 1 fully saturated rings. The van der Waals surface area contributed by atoms with Crippen LogP contribution >= 0.6 is 0 Å². The molecule has 4 rings (SSSR count). The van der Waals surface area contributed by atoms with Gasteiger partial charge in [-0.25, -0.2) is 19.2 Å². The number of carboxylic acids is 1. The van der Waals surface area contributed by atoms with Crippen LogP contribution < -0.4 is 4.90 Å². The van der Waals surface area contributed by atoms with E-state index in [1.165, 1.54) is 18.2 Å². The van der Waals surface area contributed by atoms with Gasteiger partial charge in [0.2, 0.25) is 0 Å². The molecule has 3 aromatic rings. The van der Waals surface area contributed by atoms with Crippen molar-refractivity contribution in [3.63, 3.8) is 0 Å². The maximum Gasteiger partial charge on any atom is 0.335 e. The molecule has 0 saturated carbocycles. The van der Waals surface area contributed by atoms with Gasteiger partial charge in [0.15, 0.2) is 5.82 Å². The molecule has 0 bridgehead atoms.